The molecule has 0 unspecified atom stereocenters. The third kappa shape index (κ3) is 5.38. The number of nitrogens with zero attached hydrogens (tertiary/aromatic N) is 3. The summed E-state index contributed by atoms with van der Waals surface area (Å²) in [6, 6.07) is 19.2. The van der Waals surface area contributed by atoms with Gasteiger partial charge in [0.15, 0.2) is 12.4 Å². The molecule has 1 fully saturated rings. The van der Waals surface area contributed by atoms with E-state index in [4.69, 9.17) is 9.47 Å². The molecule has 0 atom stereocenters. The Morgan fingerprint density at radius 3 is 2.68 bits per heavy atom. The number of para-hydroxylation sites is 1. The lowest BCUT2D eigenvalue weighted by Crippen LogP contribution is -2.36. The van der Waals surface area contributed by atoms with E-state index in [1.165, 1.54) is 0 Å². The zero-order chi connectivity index (χ0) is 21.5. The van der Waals surface area contributed by atoms with Crippen molar-refractivity contribution in [1.82, 2.24) is 10.2 Å². The second kappa shape index (κ2) is 10.0. The molecule has 160 valence electrons. The molecule has 1 aliphatic rings. The molecule has 3 aromatic rings. The summed E-state index contributed by atoms with van der Waals surface area (Å²) in [7, 11) is 0. The average molecular weight is 418 g/mol. The summed E-state index contributed by atoms with van der Waals surface area (Å²) < 4.78 is 11.1. The highest BCUT2D eigenvalue weighted by Crippen LogP contribution is 2.23. The lowest BCUT2D eigenvalue weighted by molar-refractivity contribution is -0.118. The average Bonchev–Trinajstić information content (AvgIpc) is 2.84. The maximum atomic E-state index is 12.4. The van der Waals surface area contributed by atoms with Crippen molar-refractivity contribution in [3.05, 3.63) is 66.2 Å². The number of hydrogen-bond acceptors (Lipinski definition) is 6. The minimum absolute atomic E-state index is 0.0463. The minimum atomic E-state index is -0.211. The molecule has 1 aromatic heterocycles. The van der Waals surface area contributed by atoms with Crippen LogP contribution in [0, 0.1) is 0 Å². The topological polar surface area (TPSA) is 76.6 Å². The van der Waals surface area contributed by atoms with Gasteiger partial charge < -0.3 is 19.7 Å². The van der Waals surface area contributed by atoms with Crippen molar-refractivity contribution in [1.29, 1.82) is 0 Å². The van der Waals surface area contributed by atoms with Gasteiger partial charge in [-0.05, 0) is 42.3 Å². The Bertz CT molecular complexity index is 1020. The van der Waals surface area contributed by atoms with Crippen LogP contribution >= 0.6 is 0 Å². The third-order valence-corrected chi connectivity index (χ3v) is 5.14. The van der Waals surface area contributed by atoms with Gasteiger partial charge in [0.2, 0.25) is 0 Å². The van der Waals surface area contributed by atoms with Gasteiger partial charge in [0.25, 0.3) is 5.91 Å². The standard InChI is InChI=1S/C24H26N4O3/c1-2-18-6-3-4-9-22(18)31-17-24(29)25-20-8-5-7-19(16-20)21-10-11-23(27-26-21)28-12-14-30-15-13-28/h3-11,16H,2,12-15,17H2,1H3,(H,25,29). The van der Waals surface area contributed by atoms with E-state index in [0.717, 1.165) is 47.9 Å². The first kappa shape index (κ1) is 20.8. The van der Waals surface area contributed by atoms with Crippen LogP contribution in [0.5, 0.6) is 5.75 Å². The summed E-state index contributed by atoms with van der Waals surface area (Å²) in [5.74, 6) is 1.38. The van der Waals surface area contributed by atoms with Gasteiger partial charge in [-0.15, -0.1) is 10.2 Å². The second-order valence-electron chi connectivity index (χ2n) is 7.26. The van der Waals surface area contributed by atoms with Crippen molar-refractivity contribution in [2.24, 2.45) is 0 Å². The normalized spacial score (nSPS) is 13.6. The van der Waals surface area contributed by atoms with Gasteiger partial charge in [-0.3, -0.25) is 4.79 Å². The number of nitrogens with one attached hydrogen (secondary N) is 1. The van der Waals surface area contributed by atoms with Gasteiger partial charge in [-0.1, -0.05) is 37.3 Å². The van der Waals surface area contributed by atoms with Crippen LogP contribution in [-0.4, -0.2) is 49.0 Å². The van der Waals surface area contributed by atoms with Crippen LogP contribution in [0.2, 0.25) is 0 Å². The molecule has 0 saturated carbocycles. The summed E-state index contributed by atoms with van der Waals surface area (Å²) >= 11 is 0. The zero-order valence-corrected chi connectivity index (χ0v) is 17.6. The molecule has 7 nitrogen and oxygen atoms in total. The van der Waals surface area contributed by atoms with E-state index in [1.807, 2.05) is 60.7 Å². The van der Waals surface area contributed by atoms with E-state index in [9.17, 15) is 4.79 Å². The van der Waals surface area contributed by atoms with E-state index in [1.54, 1.807) is 0 Å². The van der Waals surface area contributed by atoms with Crippen LogP contribution in [0.25, 0.3) is 11.3 Å². The Morgan fingerprint density at radius 1 is 1.06 bits per heavy atom. The predicted molar refractivity (Wildman–Crippen MR) is 120 cm³/mol. The minimum Gasteiger partial charge on any atom is -0.483 e. The quantitative estimate of drug-likeness (QED) is 0.632. The zero-order valence-electron chi connectivity index (χ0n) is 17.6. The van der Waals surface area contributed by atoms with Crippen LogP contribution in [0.3, 0.4) is 0 Å². The Balaban J connectivity index is 1.38. The number of rotatable bonds is 7. The molecule has 2 aromatic carbocycles. The fourth-order valence-corrected chi connectivity index (χ4v) is 3.47. The fourth-order valence-electron chi connectivity index (χ4n) is 3.47. The molecule has 1 amide bonds. The van der Waals surface area contributed by atoms with Gasteiger partial charge >= 0.3 is 0 Å². The highest BCUT2D eigenvalue weighted by atomic mass is 16.5. The van der Waals surface area contributed by atoms with E-state index in [2.05, 4.69) is 27.3 Å². The molecule has 4 rings (SSSR count). The highest BCUT2D eigenvalue weighted by molar-refractivity contribution is 5.92. The summed E-state index contributed by atoms with van der Waals surface area (Å²) in [6.45, 7) is 5.07. The van der Waals surface area contributed by atoms with Gasteiger partial charge in [0.05, 0.1) is 18.9 Å². The number of ether oxygens (including phenoxy) is 2. The third-order valence-electron chi connectivity index (χ3n) is 5.14. The predicted octanol–water partition coefficient (Wildman–Crippen LogP) is 3.56. The SMILES string of the molecule is CCc1ccccc1OCC(=O)Nc1cccc(-c2ccc(N3CCOCC3)nn2)c1. The Hall–Kier alpha value is -3.45. The van der Waals surface area contributed by atoms with Crippen LogP contribution in [0.1, 0.15) is 12.5 Å². The Kier molecular flexibility index (Phi) is 6.74. The number of benzene rings is 2. The molecule has 31 heavy (non-hydrogen) atoms. The summed E-state index contributed by atoms with van der Waals surface area (Å²) in [5.41, 5.74) is 3.41. The monoisotopic (exact) mass is 418 g/mol. The maximum absolute atomic E-state index is 12.4. The molecule has 0 radical (unpaired) electrons. The first-order valence-electron chi connectivity index (χ1n) is 10.5. The molecular formula is C24H26N4O3. The van der Waals surface area contributed by atoms with Crippen LogP contribution in [-0.2, 0) is 16.0 Å². The van der Waals surface area contributed by atoms with Crippen LogP contribution in [0.4, 0.5) is 11.5 Å². The number of amides is 1. The number of anilines is 2. The van der Waals surface area contributed by atoms with E-state index in [0.29, 0.717) is 18.9 Å². The summed E-state index contributed by atoms with van der Waals surface area (Å²) in [4.78, 5) is 14.5. The Labute approximate surface area is 182 Å². The van der Waals surface area contributed by atoms with Crippen molar-refractivity contribution < 1.29 is 14.3 Å². The summed E-state index contributed by atoms with van der Waals surface area (Å²) in [5, 5.41) is 11.6. The van der Waals surface area contributed by atoms with Crippen molar-refractivity contribution in [3.8, 4) is 17.0 Å². The molecule has 1 saturated heterocycles. The molecule has 1 aliphatic heterocycles. The molecular weight excluding hydrogens is 392 g/mol. The number of morpholine rings is 1. The summed E-state index contributed by atoms with van der Waals surface area (Å²) in [6.07, 6.45) is 0.852. The maximum Gasteiger partial charge on any atom is 0.262 e. The largest absolute Gasteiger partial charge is 0.483 e. The van der Waals surface area contributed by atoms with Gasteiger partial charge in [0.1, 0.15) is 5.75 Å². The highest BCUT2D eigenvalue weighted by Gasteiger charge is 2.13. The number of carbonyl (C=O) groups is 1. The number of aryl methyl sites for hydroxylation is 1. The number of carbonyl (C=O) groups excluding carboxylic acids is 1. The van der Waals surface area contributed by atoms with E-state index >= 15 is 0 Å². The second-order valence-corrected chi connectivity index (χ2v) is 7.26. The Morgan fingerprint density at radius 2 is 1.90 bits per heavy atom. The van der Waals surface area contributed by atoms with Gasteiger partial charge in [-0.25, -0.2) is 0 Å². The van der Waals surface area contributed by atoms with Crippen molar-refractivity contribution in [2.45, 2.75) is 13.3 Å². The molecule has 1 N–H and O–H groups in total. The molecule has 7 heteroatoms. The van der Waals surface area contributed by atoms with E-state index in [-0.39, 0.29) is 12.5 Å². The van der Waals surface area contributed by atoms with E-state index < -0.39 is 0 Å². The molecule has 2 heterocycles. The molecule has 0 bridgehead atoms. The van der Waals surface area contributed by atoms with Crippen molar-refractivity contribution >= 4 is 17.4 Å². The van der Waals surface area contributed by atoms with Crippen LogP contribution in [0.15, 0.2) is 60.7 Å². The number of hydrogen-bond donors (Lipinski definition) is 1. The smallest absolute Gasteiger partial charge is 0.262 e. The molecule has 0 spiro atoms. The van der Waals surface area contributed by atoms with Gasteiger partial charge in [0, 0.05) is 24.3 Å². The lowest BCUT2D eigenvalue weighted by Gasteiger charge is -2.27. The number of aromatic nitrogens is 2. The fraction of sp³-hybridized carbons (Fsp3) is 0.292. The van der Waals surface area contributed by atoms with Crippen molar-refractivity contribution in [3.63, 3.8) is 0 Å². The van der Waals surface area contributed by atoms with Crippen LogP contribution < -0.4 is 15.0 Å². The lowest BCUT2D eigenvalue weighted by atomic mass is 10.1. The van der Waals surface area contributed by atoms with Crippen molar-refractivity contribution in [2.75, 3.05) is 43.1 Å². The first-order chi connectivity index (χ1) is 15.2. The first-order valence-corrected chi connectivity index (χ1v) is 10.5. The van der Waals surface area contributed by atoms with Gasteiger partial charge in [-0.2, -0.15) is 0 Å². The molecule has 0 aliphatic carbocycles.